The molecule has 0 aliphatic heterocycles. The highest BCUT2D eigenvalue weighted by atomic mass is 16.5. The Labute approximate surface area is 188 Å². The lowest BCUT2D eigenvalue weighted by molar-refractivity contribution is 0.113. The van der Waals surface area contributed by atoms with Crippen molar-refractivity contribution >= 4 is 0 Å². The van der Waals surface area contributed by atoms with E-state index >= 15 is 0 Å². The van der Waals surface area contributed by atoms with Crippen LogP contribution in [-0.2, 0) is 11.3 Å². The number of ether oxygens (including phenoxy) is 1. The molecule has 3 heteroatoms. The number of aryl methyl sites for hydroxylation is 1. The fourth-order valence-electron chi connectivity index (χ4n) is 4.17. The fraction of sp³-hybridized carbons (Fsp3) is 0.889. The van der Waals surface area contributed by atoms with Crippen LogP contribution in [0.25, 0.3) is 0 Å². The molecule has 0 radical (unpaired) electrons. The number of hydrogen-bond donors (Lipinski definition) is 0. The van der Waals surface area contributed by atoms with Crippen molar-refractivity contribution < 1.29 is 4.74 Å². The van der Waals surface area contributed by atoms with E-state index in [0.29, 0.717) is 5.41 Å². The van der Waals surface area contributed by atoms with Crippen LogP contribution in [0.4, 0.5) is 0 Å². The van der Waals surface area contributed by atoms with Gasteiger partial charge in [0, 0.05) is 32.2 Å². The van der Waals surface area contributed by atoms with Crippen LogP contribution in [0, 0.1) is 5.41 Å². The molecular formula is C27H52N2O. The molecule has 0 fully saturated rings. The van der Waals surface area contributed by atoms with E-state index in [9.17, 15) is 0 Å². The van der Waals surface area contributed by atoms with Crippen molar-refractivity contribution in [3.63, 3.8) is 0 Å². The van der Waals surface area contributed by atoms with Gasteiger partial charge in [-0.15, -0.1) is 0 Å². The van der Waals surface area contributed by atoms with E-state index in [4.69, 9.17) is 4.74 Å². The summed E-state index contributed by atoms with van der Waals surface area (Å²) in [4.78, 5) is 4.09. The minimum Gasteiger partial charge on any atom is -0.381 e. The zero-order chi connectivity index (χ0) is 21.8. The highest BCUT2D eigenvalue weighted by Gasteiger charge is 2.18. The summed E-state index contributed by atoms with van der Waals surface area (Å²) in [5.41, 5.74) is 0.532. The summed E-state index contributed by atoms with van der Waals surface area (Å²) in [6.45, 7) is 10.1. The topological polar surface area (TPSA) is 27.1 Å². The zero-order valence-electron chi connectivity index (χ0n) is 20.7. The standard InChI is InChI=1S/C27H52N2O/c1-4-27(3,5-2)20-19-25-30-24-18-16-14-12-10-8-6-7-9-11-13-15-17-22-29-23-21-28-26-29/h21,23,26H,4-20,22,24-25H2,1-3H3. The van der Waals surface area contributed by atoms with E-state index in [1.54, 1.807) is 0 Å². The number of imidazole rings is 1. The van der Waals surface area contributed by atoms with Gasteiger partial charge in [-0.3, -0.25) is 0 Å². The summed E-state index contributed by atoms with van der Waals surface area (Å²) in [6, 6.07) is 0. The van der Waals surface area contributed by atoms with E-state index in [1.807, 2.05) is 12.5 Å². The molecule has 0 aromatic carbocycles. The Bertz CT molecular complexity index is 453. The Hall–Kier alpha value is -0.830. The van der Waals surface area contributed by atoms with Gasteiger partial charge in [-0.25, -0.2) is 4.98 Å². The quantitative estimate of drug-likeness (QED) is 0.176. The van der Waals surface area contributed by atoms with Gasteiger partial charge in [0.1, 0.15) is 0 Å². The third-order valence-corrected chi connectivity index (χ3v) is 7.04. The average Bonchev–Trinajstić information content (AvgIpc) is 3.28. The van der Waals surface area contributed by atoms with Gasteiger partial charge in [-0.1, -0.05) is 104 Å². The second-order valence-electron chi connectivity index (χ2n) is 9.63. The lowest BCUT2D eigenvalue weighted by atomic mass is 9.80. The predicted octanol–water partition coefficient (Wildman–Crippen LogP) is 8.58. The van der Waals surface area contributed by atoms with E-state index < -0.39 is 0 Å². The first kappa shape index (κ1) is 27.2. The molecule has 0 bridgehead atoms. The molecule has 0 unspecified atom stereocenters. The molecule has 0 atom stereocenters. The van der Waals surface area contributed by atoms with E-state index in [1.165, 1.54) is 109 Å². The van der Waals surface area contributed by atoms with Crippen LogP contribution in [0.5, 0.6) is 0 Å². The van der Waals surface area contributed by atoms with E-state index in [0.717, 1.165) is 19.8 Å². The van der Waals surface area contributed by atoms with Crippen molar-refractivity contribution in [1.29, 1.82) is 0 Å². The molecule has 1 aromatic heterocycles. The Morgan fingerprint density at radius 1 is 0.700 bits per heavy atom. The van der Waals surface area contributed by atoms with Crippen LogP contribution in [0.2, 0.25) is 0 Å². The van der Waals surface area contributed by atoms with Crippen LogP contribution in [0.15, 0.2) is 18.7 Å². The Morgan fingerprint density at radius 3 is 1.70 bits per heavy atom. The fourth-order valence-corrected chi connectivity index (χ4v) is 4.17. The summed E-state index contributed by atoms with van der Waals surface area (Å²) in [5, 5.41) is 0. The number of hydrogen-bond acceptors (Lipinski definition) is 2. The van der Waals surface area contributed by atoms with Crippen LogP contribution >= 0.6 is 0 Å². The molecule has 1 heterocycles. The van der Waals surface area contributed by atoms with Gasteiger partial charge < -0.3 is 9.30 Å². The number of aromatic nitrogens is 2. The van der Waals surface area contributed by atoms with E-state index in [-0.39, 0.29) is 0 Å². The molecule has 0 aliphatic carbocycles. The maximum atomic E-state index is 5.84. The Kier molecular flexibility index (Phi) is 17.1. The molecule has 176 valence electrons. The normalized spacial score (nSPS) is 12.0. The molecular weight excluding hydrogens is 368 g/mol. The van der Waals surface area contributed by atoms with Gasteiger partial charge in [0.15, 0.2) is 0 Å². The third-order valence-electron chi connectivity index (χ3n) is 7.04. The molecule has 0 N–H and O–H groups in total. The second-order valence-corrected chi connectivity index (χ2v) is 9.63. The first-order valence-electron chi connectivity index (χ1n) is 13.2. The maximum absolute atomic E-state index is 5.84. The van der Waals surface area contributed by atoms with Gasteiger partial charge in [0.05, 0.1) is 6.33 Å². The highest BCUT2D eigenvalue weighted by molar-refractivity contribution is 4.73. The summed E-state index contributed by atoms with van der Waals surface area (Å²) >= 11 is 0. The van der Waals surface area contributed by atoms with Crippen LogP contribution < -0.4 is 0 Å². The molecule has 30 heavy (non-hydrogen) atoms. The summed E-state index contributed by atoms with van der Waals surface area (Å²) in [5.74, 6) is 0. The molecule has 0 aliphatic rings. The van der Waals surface area contributed by atoms with Crippen molar-refractivity contribution in [3.05, 3.63) is 18.7 Å². The van der Waals surface area contributed by atoms with Crippen LogP contribution in [0.1, 0.15) is 130 Å². The monoisotopic (exact) mass is 420 g/mol. The minimum absolute atomic E-state index is 0.532. The number of rotatable bonds is 22. The molecule has 1 rings (SSSR count). The molecule has 1 aromatic rings. The van der Waals surface area contributed by atoms with Crippen molar-refractivity contribution in [2.45, 2.75) is 136 Å². The average molecular weight is 421 g/mol. The summed E-state index contributed by atoms with van der Waals surface area (Å²) in [6.07, 6.45) is 29.0. The van der Waals surface area contributed by atoms with Crippen LogP contribution in [0.3, 0.4) is 0 Å². The van der Waals surface area contributed by atoms with Gasteiger partial charge in [0.25, 0.3) is 0 Å². The maximum Gasteiger partial charge on any atom is 0.0945 e. The molecule has 3 nitrogen and oxygen atoms in total. The van der Waals surface area contributed by atoms with Gasteiger partial charge in [0.2, 0.25) is 0 Å². The highest BCUT2D eigenvalue weighted by Crippen LogP contribution is 2.30. The Morgan fingerprint density at radius 2 is 1.20 bits per heavy atom. The predicted molar refractivity (Wildman–Crippen MR) is 131 cm³/mol. The van der Waals surface area contributed by atoms with Gasteiger partial charge >= 0.3 is 0 Å². The van der Waals surface area contributed by atoms with E-state index in [2.05, 4.69) is 36.5 Å². The SMILES string of the molecule is CCC(C)(CC)CCCOCCCCCCCCCCCCCCCn1ccnc1. The minimum atomic E-state index is 0.532. The van der Waals surface area contributed by atoms with Crippen molar-refractivity contribution in [2.75, 3.05) is 13.2 Å². The smallest absolute Gasteiger partial charge is 0.0945 e. The van der Waals surface area contributed by atoms with Crippen molar-refractivity contribution in [3.8, 4) is 0 Å². The third kappa shape index (κ3) is 15.0. The molecule has 0 spiro atoms. The molecule has 0 saturated carbocycles. The summed E-state index contributed by atoms with van der Waals surface area (Å²) < 4.78 is 8.02. The van der Waals surface area contributed by atoms with Gasteiger partial charge in [-0.05, 0) is 31.1 Å². The van der Waals surface area contributed by atoms with Crippen molar-refractivity contribution in [2.24, 2.45) is 5.41 Å². The van der Waals surface area contributed by atoms with Crippen LogP contribution in [-0.4, -0.2) is 22.8 Å². The zero-order valence-corrected chi connectivity index (χ0v) is 20.7. The molecule has 0 saturated heterocycles. The lowest BCUT2D eigenvalue weighted by Crippen LogP contribution is -2.14. The van der Waals surface area contributed by atoms with Crippen molar-refractivity contribution in [1.82, 2.24) is 9.55 Å². The second kappa shape index (κ2) is 18.9. The first-order chi connectivity index (χ1) is 14.7. The molecule has 0 amide bonds. The van der Waals surface area contributed by atoms with Gasteiger partial charge in [-0.2, -0.15) is 0 Å². The number of unbranched alkanes of at least 4 members (excludes halogenated alkanes) is 12. The summed E-state index contributed by atoms with van der Waals surface area (Å²) in [7, 11) is 0. The lowest BCUT2D eigenvalue weighted by Gasteiger charge is -2.26. The largest absolute Gasteiger partial charge is 0.381 e. The number of nitrogens with zero attached hydrogens (tertiary/aromatic N) is 2. The Balaban J connectivity index is 1.70. The first-order valence-corrected chi connectivity index (χ1v) is 13.2.